The predicted molar refractivity (Wildman–Crippen MR) is 185 cm³/mol. The zero-order valence-corrected chi connectivity index (χ0v) is 31.7. The number of hydrogen-bond acceptors (Lipinski definition) is 17. The van der Waals surface area contributed by atoms with Gasteiger partial charge in [-0.1, -0.05) is 13.8 Å². The Morgan fingerprint density at radius 3 is 2.73 bits per heavy atom. The van der Waals surface area contributed by atoms with E-state index < -0.39 is 94.4 Å². The molecule has 20 nitrogen and oxygen atoms in total. The molecule has 1 saturated carbocycles. The van der Waals surface area contributed by atoms with Crippen LogP contribution < -0.4 is 15.6 Å². The van der Waals surface area contributed by atoms with Crippen LogP contribution in [-0.2, 0) is 48.7 Å². The number of hydrogen-bond donors (Lipinski definition) is 4. The Hall–Kier alpha value is -3.46. The molecular formula is C29H37F3N8O12P2S. The van der Waals surface area contributed by atoms with Gasteiger partial charge in [0.25, 0.3) is 5.56 Å². The minimum absolute atomic E-state index is 0.136. The van der Waals surface area contributed by atoms with E-state index in [1.807, 2.05) is 6.07 Å². The second-order valence-electron chi connectivity index (χ2n) is 12.5. The number of carbonyl (C=O) groups is 1. The number of nitrogens with one attached hydrogen (secondary N) is 2. The number of nitriles is 1. The van der Waals surface area contributed by atoms with E-state index in [4.69, 9.17) is 44.1 Å². The lowest BCUT2D eigenvalue weighted by Crippen LogP contribution is -2.40. The predicted octanol–water partition coefficient (Wildman–Crippen LogP) is 2.52. The molecule has 3 aromatic rings. The topological polar surface area (TPSA) is 264 Å². The van der Waals surface area contributed by atoms with Gasteiger partial charge in [-0.25, -0.2) is 15.0 Å². The lowest BCUT2D eigenvalue weighted by atomic mass is 10.1. The number of fused-ring (bicyclic) bond motifs is 1. The van der Waals surface area contributed by atoms with Crippen LogP contribution in [0.4, 0.5) is 19.1 Å². The highest BCUT2D eigenvalue weighted by atomic mass is 32.5. The summed E-state index contributed by atoms with van der Waals surface area (Å²) in [6, 6.07) is 3.39. The SMILES string of the molecule is CC(C)C(=O)Nc1nc2c(ncn2[C@@H]2O[C@H](CO)[C@@H](OCC(F)(F)F)[C@H]2OP(=S)(OCCC#N)OC[C@H]2C[C@@H](Oc3ccncn3)C[C@@H]2O[PH](=O)O)c(=O)[nH]1. The third-order valence-electron chi connectivity index (χ3n) is 8.22. The number of H-pyrrole nitrogens is 1. The molecule has 302 valence electrons. The molecular weight excluding hydrogens is 803 g/mol. The Kier molecular flexibility index (Phi) is 14.5. The Balaban J connectivity index is 1.48. The first-order valence-corrected chi connectivity index (χ1v) is 20.4. The third-order valence-corrected chi connectivity index (χ3v) is 11.1. The largest absolute Gasteiger partial charge is 0.474 e. The van der Waals surface area contributed by atoms with Crippen LogP contribution in [0.5, 0.6) is 5.88 Å². The molecule has 2 unspecified atom stereocenters. The maximum absolute atomic E-state index is 13.5. The van der Waals surface area contributed by atoms with Crippen molar-refractivity contribution in [3.63, 3.8) is 0 Å². The fourth-order valence-corrected chi connectivity index (χ4v) is 8.41. The summed E-state index contributed by atoms with van der Waals surface area (Å²) in [6.07, 6.45) is -8.75. The summed E-state index contributed by atoms with van der Waals surface area (Å²) in [4.78, 5) is 53.5. The van der Waals surface area contributed by atoms with Crippen LogP contribution in [0.3, 0.4) is 0 Å². The van der Waals surface area contributed by atoms with Crippen LogP contribution >= 0.6 is 15.0 Å². The zero-order valence-electron chi connectivity index (χ0n) is 29.0. The number of aliphatic hydroxyl groups excluding tert-OH is 1. The molecule has 2 fully saturated rings. The van der Waals surface area contributed by atoms with Gasteiger partial charge < -0.3 is 37.8 Å². The van der Waals surface area contributed by atoms with Crippen LogP contribution in [0.1, 0.15) is 39.3 Å². The second-order valence-corrected chi connectivity index (χ2v) is 16.2. The first-order chi connectivity index (χ1) is 26.1. The number of aromatic amines is 1. The minimum atomic E-state index is -4.83. The molecule has 0 bridgehead atoms. The molecule has 26 heteroatoms. The van der Waals surface area contributed by atoms with Gasteiger partial charge in [0.1, 0.15) is 37.4 Å². The van der Waals surface area contributed by atoms with Crippen LogP contribution in [0.25, 0.3) is 11.2 Å². The van der Waals surface area contributed by atoms with Gasteiger partial charge in [0, 0.05) is 30.5 Å². The van der Waals surface area contributed by atoms with Crippen molar-refractivity contribution in [2.75, 3.05) is 31.7 Å². The lowest BCUT2D eigenvalue weighted by molar-refractivity contribution is -0.196. The second kappa shape index (κ2) is 18.7. The van der Waals surface area contributed by atoms with Gasteiger partial charge in [0.05, 0.1) is 44.7 Å². The summed E-state index contributed by atoms with van der Waals surface area (Å²) in [7, 11) is -3.45. The number of alkyl halides is 3. The van der Waals surface area contributed by atoms with Crippen LogP contribution in [-0.4, -0.2) is 109 Å². The lowest BCUT2D eigenvalue weighted by Gasteiger charge is -2.31. The Labute approximate surface area is 315 Å². The van der Waals surface area contributed by atoms with E-state index in [-0.39, 0.29) is 55.5 Å². The molecule has 0 aromatic carbocycles. The number of halogens is 3. The van der Waals surface area contributed by atoms with Crippen molar-refractivity contribution in [3.8, 4) is 11.9 Å². The van der Waals surface area contributed by atoms with Crippen molar-refractivity contribution in [2.24, 2.45) is 11.8 Å². The van der Waals surface area contributed by atoms with Crippen molar-refractivity contribution < 1.29 is 64.8 Å². The van der Waals surface area contributed by atoms with Crippen molar-refractivity contribution in [1.29, 1.82) is 5.26 Å². The summed E-state index contributed by atoms with van der Waals surface area (Å²) in [6.45, 7) is -4.30. The first-order valence-electron chi connectivity index (χ1n) is 16.6. The van der Waals surface area contributed by atoms with Gasteiger partial charge in [0.15, 0.2) is 17.4 Å². The van der Waals surface area contributed by atoms with Crippen LogP contribution in [0, 0.1) is 23.2 Å². The summed E-state index contributed by atoms with van der Waals surface area (Å²) >= 11 is 5.73. The highest BCUT2D eigenvalue weighted by Gasteiger charge is 2.52. The normalized spacial score (nSPS) is 25.8. The van der Waals surface area contributed by atoms with Crippen LogP contribution in [0.2, 0.25) is 0 Å². The van der Waals surface area contributed by atoms with Crippen molar-refractivity contribution in [3.05, 3.63) is 35.3 Å². The maximum Gasteiger partial charge on any atom is 0.411 e. The molecule has 1 aliphatic heterocycles. The molecule has 0 spiro atoms. The monoisotopic (exact) mass is 840 g/mol. The third kappa shape index (κ3) is 11.3. The van der Waals surface area contributed by atoms with Crippen LogP contribution in [0.15, 0.2) is 29.7 Å². The summed E-state index contributed by atoms with van der Waals surface area (Å²) in [5.74, 6) is -1.69. The minimum Gasteiger partial charge on any atom is -0.474 e. The molecule has 1 saturated heterocycles. The number of amides is 1. The number of aliphatic hydroxyl groups is 1. The van der Waals surface area contributed by atoms with Gasteiger partial charge in [-0.15, -0.1) is 0 Å². The number of ether oxygens (including phenoxy) is 3. The number of imidazole rings is 1. The zero-order chi connectivity index (χ0) is 39.9. The average molecular weight is 841 g/mol. The van der Waals surface area contributed by atoms with Crippen molar-refractivity contribution in [2.45, 2.75) is 76.0 Å². The van der Waals surface area contributed by atoms with E-state index in [9.17, 15) is 42.6 Å². The van der Waals surface area contributed by atoms with Gasteiger partial charge in [-0.3, -0.25) is 33.5 Å². The van der Waals surface area contributed by atoms with E-state index >= 15 is 0 Å². The van der Waals surface area contributed by atoms with Gasteiger partial charge in [-0.05, 0) is 18.2 Å². The van der Waals surface area contributed by atoms with E-state index in [1.165, 1.54) is 18.6 Å². The fourth-order valence-electron chi connectivity index (χ4n) is 5.76. The maximum atomic E-state index is 13.5. The van der Waals surface area contributed by atoms with E-state index in [1.54, 1.807) is 13.8 Å². The number of anilines is 1. The fraction of sp³-hybridized carbons (Fsp3) is 0.621. The molecule has 3 aromatic heterocycles. The Morgan fingerprint density at radius 2 is 2.07 bits per heavy atom. The molecule has 2 aliphatic rings. The number of rotatable bonds is 18. The molecule has 0 radical (unpaired) electrons. The van der Waals surface area contributed by atoms with Gasteiger partial charge in [0.2, 0.25) is 17.7 Å². The van der Waals surface area contributed by atoms with Gasteiger partial charge >= 0.3 is 21.1 Å². The summed E-state index contributed by atoms with van der Waals surface area (Å²) in [5, 5.41) is 21.9. The Morgan fingerprint density at radius 1 is 1.29 bits per heavy atom. The average Bonchev–Trinajstić information content (AvgIpc) is 3.81. The van der Waals surface area contributed by atoms with E-state index in [2.05, 4.69) is 30.2 Å². The number of carbonyl (C=O) groups excluding carboxylic acids is 1. The number of aromatic nitrogens is 6. The summed E-state index contributed by atoms with van der Waals surface area (Å²) in [5.41, 5.74) is -1.23. The highest BCUT2D eigenvalue weighted by molar-refractivity contribution is 8.07. The Bertz CT molecular complexity index is 1960. The molecule has 55 heavy (non-hydrogen) atoms. The molecule has 4 N–H and O–H groups in total. The molecule has 1 aliphatic carbocycles. The molecule has 9 atom stereocenters. The highest BCUT2D eigenvalue weighted by Crippen LogP contribution is 2.55. The number of nitrogens with zero attached hydrogens (tertiary/aromatic N) is 6. The first kappa shape index (κ1) is 42.7. The van der Waals surface area contributed by atoms with E-state index in [0.29, 0.717) is 0 Å². The summed E-state index contributed by atoms with van der Waals surface area (Å²) < 4.78 is 93.8. The van der Waals surface area contributed by atoms with Gasteiger partial charge in [-0.2, -0.15) is 23.4 Å². The standard InChI is InChI=1S/C29H37F3N8O12P2S/c1-15(2)25(42)38-28-37-24-21(26(43)39-28)36-14-40(24)27-23(22(19(10-41)50-27)46-12-29(30,31)32)52-54(55,47-7-3-5-33)48-11-16-8-17(9-18(16)51-53(44)45)49-20-4-6-34-13-35-20/h4,6,13-19,22-23,27,41,53H,3,7-12H2,1-2H3,(H,44,45)(H2,37,38,39,42,43)/t16-,17-,18+,19-,22-,23-,27-,54?/m1/s1. The molecule has 4 heterocycles. The van der Waals surface area contributed by atoms with Crippen molar-refractivity contribution >= 4 is 49.8 Å². The van der Waals surface area contributed by atoms with E-state index in [0.717, 1.165) is 10.9 Å². The molecule has 1 amide bonds. The smallest absolute Gasteiger partial charge is 0.411 e. The quantitative estimate of drug-likeness (QED) is 0.106. The molecule has 5 rings (SSSR count). The van der Waals surface area contributed by atoms with Crippen molar-refractivity contribution in [1.82, 2.24) is 29.5 Å².